The van der Waals surface area contributed by atoms with Gasteiger partial charge < -0.3 is 14.5 Å². The Morgan fingerprint density at radius 2 is 2.18 bits per heavy atom. The molecule has 0 saturated heterocycles. The van der Waals surface area contributed by atoms with E-state index in [2.05, 4.69) is 10.3 Å². The molecule has 0 saturated carbocycles. The van der Waals surface area contributed by atoms with Crippen molar-refractivity contribution < 1.29 is 27.2 Å². The summed E-state index contributed by atoms with van der Waals surface area (Å²) in [5.74, 6) is -0.713. The van der Waals surface area contributed by atoms with Crippen LogP contribution in [0.25, 0.3) is 10.8 Å². The number of amides is 2. The molecule has 3 heterocycles. The van der Waals surface area contributed by atoms with Gasteiger partial charge in [0.2, 0.25) is 0 Å². The monoisotopic (exact) mass is 439 g/mol. The molecule has 0 unspecified atom stereocenters. The Morgan fingerprint density at radius 1 is 1.36 bits per heavy atom. The second-order valence-electron chi connectivity index (χ2n) is 5.57. The normalized spacial score (nSPS) is 13.4. The molecule has 3 aromatic rings. The molecular weight excluding hydrogens is 430 g/mol. The number of carbonyl (C=O) groups excluding carboxylic acids is 2. The predicted octanol–water partition coefficient (Wildman–Crippen LogP) is 2.51. The number of benzene rings is 1. The molecule has 0 atom stereocenters. The van der Waals surface area contributed by atoms with Crippen LogP contribution in [-0.2, 0) is 14.8 Å². The van der Waals surface area contributed by atoms with Gasteiger partial charge in [0.25, 0.3) is 21.8 Å². The fourth-order valence-electron chi connectivity index (χ4n) is 2.41. The molecule has 2 N–H and O–H groups in total. The maximum Gasteiger partial charge on any atom is 0.284 e. The molecule has 4 rings (SSSR count). The van der Waals surface area contributed by atoms with E-state index < -0.39 is 15.9 Å². The zero-order chi connectivity index (χ0) is 19.9. The highest BCUT2D eigenvalue weighted by molar-refractivity contribution is 7.90. The number of thiazole rings is 1. The number of sulfonamides is 1. The van der Waals surface area contributed by atoms with E-state index in [-0.39, 0.29) is 39.6 Å². The average Bonchev–Trinajstić information content (AvgIpc) is 3.32. The first-order valence-corrected chi connectivity index (χ1v) is 10.4. The summed E-state index contributed by atoms with van der Waals surface area (Å²) in [6, 6.07) is 5.72. The molecule has 0 aliphatic carbocycles. The zero-order valence-electron chi connectivity index (χ0n) is 13.8. The smallest absolute Gasteiger partial charge is 0.284 e. The molecule has 12 heteroatoms. The Labute approximate surface area is 167 Å². The Kier molecular flexibility index (Phi) is 4.57. The van der Waals surface area contributed by atoms with Crippen LogP contribution in [0.2, 0.25) is 5.02 Å². The fourth-order valence-corrected chi connectivity index (χ4v) is 4.68. The van der Waals surface area contributed by atoms with E-state index in [1.54, 1.807) is 12.1 Å². The highest BCUT2D eigenvalue weighted by atomic mass is 35.5. The molecule has 28 heavy (non-hydrogen) atoms. The van der Waals surface area contributed by atoms with Crippen molar-refractivity contribution in [1.29, 1.82) is 0 Å². The Balaban J connectivity index is 1.59. The topological polar surface area (TPSA) is 128 Å². The van der Waals surface area contributed by atoms with Crippen molar-refractivity contribution in [2.75, 3.05) is 11.9 Å². The molecule has 0 spiro atoms. The van der Waals surface area contributed by atoms with E-state index in [1.165, 1.54) is 17.7 Å². The van der Waals surface area contributed by atoms with Crippen LogP contribution in [0.15, 0.2) is 45.2 Å². The summed E-state index contributed by atoms with van der Waals surface area (Å²) < 4.78 is 37.6. The van der Waals surface area contributed by atoms with Gasteiger partial charge in [-0.05, 0) is 18.2 Å². The number of ether oxygens (including phenoxy) is 1. The Morgan fingerprint density at radius 3 is 2.93 bits per heavy atom. The highest BCUT2D eigenvalue weighted by Gasteiger charge is 2.27. The van der Waals surface area contributed by atoms with Gasteiger partial charge in [0.15, 0.2) is 17.4 Å². The van der Waals surface area contributed by atoms with E-state index in [0.29, 0.717) is 10.8 Å². The van der Waals surface area contributed by atoms with Crippen molar-refractivity contribution in [2.45, 2.75) is 4.90 Å². The van der Waals surface area contributed by atoms with Crippen LogP contribution >= 0.6 is 22.9 Å². The summed E-state index contributed by atoms with van der Waals surface area (Å²) in [5, 5.41) is 4.18. The van der Waals surface area contributed by atoms with Crippen LogP contribution < -0.4 is 14.8 Å². The lowest BCUT2D eigenvalue weighted by molar-refractivity contribution is -0.118. The van der Waals surface area contributed by atoms with E-state index in [9.17, 15) is 18.0 Å². The summed E-state index contributed by atoms with van der Waals surface area (Å²) in [6.07, 6.45) is 1.46. The summed E-state index contributed by atoms with van der Waals surface area (Å²) in [5.41, 5.74) is 0.159. The van der Waals surface area contributed by atoms with E-state index in [1.807, 2.05) is 4.72 Å². The summed E-state index contributed by atoms with van der Waals surface area (Å²) in [6.45, 7) is -0.255. The molecular formula is C16H10ClN3O6S2. The van der Waals surface area contributed by atoms with Crippen LogP contribution in [0.5, 0.6) is 5.75 Å². The third kappa shape index (κ3) is 3.46. The molecule has 9 nitrogen and oxygen atoms in total. The minimum Gasteiger partial charge on any atom is -0.482 e. The molecule has 0 radical (unpaired) electrons. The lowest BCUT2D eigenvalue weighted by Crippen LogP contribution is -2.31. The van der Waals surface area contributed by atoms with E-state index in [4.69, 9.17) is 20.8 Å². The molecule has 1 aliphatic rings. The quantitative estimate of drug-likeness (QED) is 0.639. The van der Waals surface area contributed by atoms with Gasteiger partial charge in [0.1, 0.15) is 16.3 Å². The number of nitrogens with zero attached hydrogens (tertiary/aromatic N) is 1. The molecule has 2 aromatic heterocycles. The summed E-state index contributed by atoms with van der Waals surface area (Å²) >= 11 is 7.16. The summed E-state index contributed by atoms with van der Waals surface area (Å²) in [4.78, 5) is 27.4. The van der Waals surface area contributed by atoms with Gasteiger partial charge >= 0.3 is 0 Å². The number of nitrogens with one attached hydrogen (secondary N) is 2. The summed E-state index contributed by atoms with van der Waals surface area (Å²) in [7, 11) is -4.31. The molecule has 1 aliphatic heterocycles. The Hall–Kier alpha value is -2.89. The maximum absolute atomic E-state index is 12.6. The van der Waals surface area contributed by atoms with Crippen molar-refractivity contribution in [1.82, 2.24) is 9.71 Å². The van der Waals surface area contributed by atoms with Crippen molar-refractivity contribution in [3.8, 4) is 16.5 Å². The number of rotatable bonds is 4. The van der Waals surface area contributed by atoms with Crippen molar-refractivity contribution in [2.24, 2.45) is 0 Å². The minimum atomic E-state index is -4.31. The van der Waals surface area contributed by atoms with Gasteiger partial charge in [-0.3, -0.25) is 9.59 Å². The van der Waals surface area contributed by atoms with Crippen LogP contribution in [0.4, 0.5) is 5.69 Å². The molecule has 1 aromatic carbocycles. The first kappa shape index (κ1) is 18.5. The van der Waals surface area contributed by atoms with Crippen LogP contribution in [0, 0.1) is 0 Å². The number of aromatic nitrogens is 1. The number of fused-ring (bicyclic) bond motifs is 1. The Bertz CT molecular complexity index is 1190. The number of hydrogen-bond donors (Lipinski definition) is 2. The minimum absolute atomic E-state index is 0.0856. The van der Waals surface area contributed by atoms with Gasteiger partial charge in [0, 0.05) is 11.4 Å². The molecule has 2 amide bonds. The van der Waals surface area contributed by atoms with Gasteiger partial charge in [-0.15, -0.1) is 11.3 Å². The van der Waals surface area contributed by atoms with Crippen LogP contribution in [0.3, 0.4) is 0 Å². The number of carbonyl (C=O) groups is 2. The standard InChI is InChI=1S/C16H10ClN3O6S2/c17-8-4-9-12(26-6-14(21)18-9)5-13(8)28(23,24)20-15(22)10-7-27-16(19-10)11-2-1-3-25-11/h1-5,7H,6H2,(H,18,21)(H,20,22). The lowest BCUT2D eigenvalue weighted by Gasteiger charge is -2.19. The second kappa shape index (κ2) is 6.93. The largest absolute Gasteiger partial charge is 0.482 e. The number of halogens is 1. The third-order valence-electron chi connectivity index (χ3n) is 3.65. The lowest BCUT2D eigenvalue weighted by atomic mass is 10.2. The van der Waals surface area contributed by atoms with Crippen molar-refractivity contribution in [3.63, 3.8) is 0 Å². The fraction of sp³-hybridized carbons (Fsp3) is 0.0625. The average molecular weight is 440 g/mol. The van der Waals surface area contributed by atoms with Gasteiger partial charge in [-0.2, -0.15) is 0 Å². The van der Waals surface area contributed by atoms with E-state index >= 15 is 0 Å². The first-order valence-electron chi connectivity index (χ1n) is 7.66. The van der Waals surface area contributed by atoms with Crippen LogP contribution in [0.1, 0.15) is 10.5 Å². The highest BCUT2D eigenvalue weighted by Crippen LogP contribution is 2.35. The second-order valence-corrected chi connectivity index (χ2v) is 8.48. The van der Waals surface area contributed by atoms with Crippen molar-refractivity contribution in [3.05, 3.63) is 46.6 Å². The van der Waals surface area contributed by atoms with Gasteiger partial charge in [-0.25, -0.2) is 18.1 Å². The number of hydrogen-bond acceptors (Lipinski definition) is 8. The predicted molar refractivity (Wildman–Crippen MR) is 100 cm³/mol. The van der Waals surface area contributed by atoms with E-state index in [0.717, 1.165) is 17.4 Å². The number of furan rings is 1. The molecule has 0 fully saturated rings. The van der Waals surface area contributed by atoms with Crippen LogP contribution in [-0.4, -0.2) is 31.8 Å². The molecule has 0 bridgehead atoms. The van der Waals surface area contributed by atoms with Crippen molar-refractivity contribution >= 4 is 50.5 Å². The SMILES string of the molecule is O=C1COc2cc(S(=O)(=O)NC(=O)c3csc(-c4ccco4)n3)c(Cl)cc2N1. The maximum atomic E-state index is 12.6. The van der Waals surface area contributed by atoms with Gasteiger partial charge in [0.05, 0.1) is 17.0 Å². The van der Waals surface area contributed by atoms with Gasteiger partial charge in [-0.1, -0.05) is 11.6 Å². The number of anilines is 1. The zero-order valence-corrected chi connectivity index (χ0v) is 16.2. The third-order valence-corrected chi connectivity index (χ3v) is 6.30. The molecule has 144 valence electrons. The first-order chi connectivity index (χ1) is 13.3.